The van der Waals surface area contributed by atoms with Gasteiger partial charge in [-0.3, -0.25) is 0 Å². The molecule has 154 valence electrons. The first-order valence-electron chi connectivity index (χ1n) is 10.1. The Morgan fingerprint density at radius 2 is 2.14 bits per heavy atom. The first-order chi connectivity index (χ1) is 13.9. The van der Waals surface area contributed by atoms with E-state index in [2.05, 4.69) is 21.4 Å². The summed E-state index contributed by atoms with van der Waals surface area (Å²) in [7, 11) is 1.58. The Kier molecular flexibility index (Phi) is 5.11. The van der Waals surface area contributed by atoms with Crippen molar-refractivity contribution in [3.8, 4) is 11.8 Å². The summed E-state index contributed by atoms with van der Waals surface area (Å²) in [6, 6.07) is 4.40. The molecule has 1 saturated heterocycles. The van der Waals surface area contributed by atoms with Gasteiger partial charge in [-0.05, 0) is 38.7 Å². The van der Waals surface area contributed by atoms with Crippen molar-refractivity contribution >= 4 is 11.2 Å². The second-order valence-electron chi connectivity index (χ2n) is 8.36. The second-order valence-corrected chi connectivity index (χ2v) is 8.36. The van der Waals surface area contributed by atoms with Crippen LogP contribution in [0, 0.1) is 11.3 Å². The number of piperidine rings is 1. The molecule has 8 nitrogen and oxygen atoms in total. The number of nitrogens with one attached hydrogen (secondary N) is 1. The number of hydrogen-bond acceptors (Lipinski definition) is 7. The van der Waals surface area contributed by atoms with Gasteiger partial charge in [-0.1, -0.05) is 0 Å². The molecule has 1 saturated carbocycles. The Bertz CT molecular complexity index is 975. The highest BCUT2D eigenvalue weighted by atomic mass is 16.5. The summed E-state index contributed by atoms with van der Waals surface area (Å²) in [5.74, 6) is 0.580. The van der Waals surface area contributed by atoms with Crippen molar-refractivity contribution in [3.63, 3.8) is 0 Å². The summed E-state index contributed by atoms with van der Waals surface area (Å²) in [6.07, 6.45) is 7.83. The third-order valence-electron chi connectivity index (χ3n) is 6.07. The highest BCUT2D eigenvalue weighted by Gasteiger charge is 2.40. The minimum absolute atomic E-state index is 0.0795. The van der Waals surface area contributed by atoms with Gasteiger partial charge >= 0.3 is 0 Å². The largest absolute Gasteiger partial charge is 0.494 e. The normalized spacial score (nSPS) is 20.2. The number of fused-ring (bicyclic) bond motifs is 1. The maximum absolute atomic E-state index is 9.26. The molecular formula is C21H29N7O. The van der Waals surface area contributed by atoms with E-state index < -0.39 is 0 Å². The molecule has 2 aromatic heterocycles. The van der Waals surface area contributed by atoms with E-state index in [4.69, 9.17) is 16.2 Å². The smallest absolute Gasteiger partial charge is 0.146 e. The van der Waals surface area contributed by atoms with Crippen LogP contribution >= 0.6 is 0 Å². The Morgan fingerprint density at radius 3 is 2.76 bits per heavy atom. The third-order valence-corrected chi connectivity index (χ3v) is 6.07. The van der Waals surface area contributed by atoms with Gasteiger partial charge in [-0.2, -0.15) is 10.4 Å². The SMILES string of the molecule is COc1cc(/C(N)=C(\C)NC2CCN(CC3(N)CC3)CC2)cn2ncc(C#N)c12. The van der Waals surface area contributed by atoms with Gasteiger partial charge in [0.15, 0.2) is 0 Å². The molecule has 1 aliphatic heterocycles. The van der Waals surface area contributed by atoms with Gasteiger partial charge in [-0.25, -0.2) is 4.52 Å². The number of likely N-dealkylation sites (tertiary alicyclic amines) is 1. The fourth-order valence-electron chi connectivity index (χ4n) is 4.07. The van der Waals surface area contributed by atoms with Crippen molar-refractivity contribution in [3.05, 3.63) is 35.3 Å². The van der Waals surface area contributed by atoms with Crippen molar-refractivity contribution in [2.45, 2.75) is 44.2 Å². The number of rotatable bonds is 6. The minimum atomic E-state index is 0.0795. The zero-order valence-electron chi connectivity index (χ0n) is 17.1. The summed E-state index contributed by atoms with van der Waals surface area (Å²) < 4.78 is 7.12. The van der Waals surface area contributed by atoms with E-state index in [0.29, 0.717) is 28.6 Å². The van der Waals surface area contributed by atoms with Gasteiger partial charge in [0, 0.05) is 48.7 Å². The van der Waals surface area contributed by atoms with Crippen LogP contribution in [0.25, 0.3) is 11.2 Å². The van der Waals surface area contributed by atoms with Gasteiger partial charge in [0.05, 0.1) is 19.0 Å². The van der Waals surface area contributed by atoms with E-state index in [9.17, 15) is 5.26 Å². The quantitative estimate of drug-likeness (QED) is 0.677. The molecule has 2 aromatic rings. The van der Waals surface area contributed by atoms with E-state index in [1.165, 1.54) is 6.20 Å². The van der Waals surface area contributed by atoms with Crippen molar-refractivity contribution in [2.75, 3.05) is 26.7 Å². The molecule has 2 fully saturated rings. The number of nitriles is 1. The Hall–Kier alpha value is -2.76. The highest BCUT2D eigenvalue weighted by molar-refractivity contribution is 5.74. The van der Waals surface area contributed by atoms with Crippen molar-refractivity contribution < 1.29 is 4.74 Å². The lowest BCUT2D eigenvalue weighted by Crippen LogP contribution is -2.47. The lowest BCUT2D eigenvalue weighted by Gasteiger charge is -2.34. The van der Waals surface area contributed by atoms with Gasteiger partial charge in [0.1, 0.15) is 22.9 Å². The van der Waals surface area contributed by atoms with Crippen molar-refractivity contribution in [1.82, 2.24) is 19.8 Å². The van der Waals surface area contributed by atoms with Crippen LogP contribution < -0.4 is 21.5 Å². The van der Waals surface area contributed by atoms with Crippen LogP contribution in [0.2, 0.25) is 0 Å². The topological polar surface area (TPSA) is 118 Å². The van der Waals surface area contributed by atoms with Crippen LogP contribution in [0.3, 0.4) is 0 Å². The molecule has 8 heteroatoms. The van der Waals surface area contributed by atoms with Crippen LogP contribution in [-0.2, 0) is 0 Å². The van der Waals surface area contributed by atoms with E-state index >= 15 is 0 Å². The molecule has 1 aliphatic carbocycles. The number of allylic oxidation sites excluding steroid dienone is 1. The molecule has 5 N–H and O–H groups in total. The van der Waals surface area contributed by atoms with Crippen LogP contribution in [0.15, 0.2) is 24.2 Å². The zero-order valence-corrected chi connectivity index (χ0v) is 17.1. The molecule has 0 atom stereocenters. The lowest BCUT2D eigenvalue weighted by atomic mass is 10.0. The molecule has 0 amide bonds. The van der Waals surface area contributed by atoms with Crippen LogP contribution in [0.4, 0.5) is 0 Å². The third kappa shape index (κ3) is 4.02. The molecule has 0 spiro atoms. The molecule has 0 bridgehead atoms. The summed E-state index contributed by atoms with van der Waals surface area (Å²) in [4.78, 5) is 2.48. The van der Waals surface area contributed by atoms with E-state index in [1.54, 1.807) is 11.6 Å². The predicted octanol–water partition coefficient (Wildman–Crippen LogP) is 1.41. The fourth-order valence-corrected chi connectivity index (χ4v) is 4.07. The van der Waals surface area contributed by atoms with E-state index in [0.717, 1.165) is 56.6 Å². The monoisotopic (exact) mass is 395 g/mol. The predicted molar refractivity (Wildman–Crippen MR) is 112 cm³/mol. The molecule has 0 unspecified atom stereocenters. The van der Waals surface area contributed by atoms with Gasteiger partial charge < -0.3 is 26.4 Å². The summed E-state index contributed by atoms with van der Waals surface area (Å²) in [5, 5.41) is 17.1. The Morgan fingerprint density at radius 1 is 1.41 bits per heavy atom. The number of nitrogens with two attached hydrogens (primary N) is 2. The summed E-state index contributed by atoms with van der Waals surface area (Å²) in [5.41, 5.74) is 16.3. The van der Waals surface area contributed by atoms with Gasteiger partial charge in [0.2, 0.25) is 0 Å². The second kappa shape index (κ2) is 7.58. The van der Waals surface area contributed by atoms with Gasteiger partial charge in [-0.15, -0.1) is 0 Å². The highest BCUT2D eigenvalue weighted by Crippen LogP contribution is 2.33. The number of hydrogen-bond donors (Lipinski definition) is 3. The first kappa shape index (κ1) is 19.6. The average Bonchev–Trinajstić information content (AvgIpc) is 3.30. The van der Waals surface area contributed by atoms with E-state index in [-0.39, 0.29) is 5.54 Å². The maximum Gasteiger partial charge on any atom is 0.146 e. The van der Waals surface area contributed by atoms with Crippen LogP contribution in [0.5, 0.6) is 5.75 Å². The molecular weight excluding hydrogens is 366 g/mol. The average molecular weight is 396 g/mol. The Balaban J connectivity index is 1.46. The first-order valence-corrected chi connectivity index (χ1v) is 10.1. The van der Waals surface area contributed by atoms with Crippen LogP contribution in [0.1, 0.15) is 43.7 Å². The Labute approximate surface area is 171 Å². The standard InChI is InChI=1S/C21H29N7O/c1-14(26-17-3-7-27(8-4-17)13-21(24)5-6-21)19(23)15-9-18(29-2)20-16(10-22)11-25-28(20)12-15/h9,11-12,17,26H,3-8,13,23-24H2,1-2H3/b19-14-. The van der Waals surface area contributed by atoms with Gasteiger partial charge in [0.25, 0.3) is 0 Å². The number of aromatic nitrogens is 2. The lowest BCUT2D eigenvalue weighted by molar-refractivity contribution is 0.188. The zero-order chi connectivity index (χ0) is 20.6. The van der Waals surface area contributed by atoms with Crippen molar-refractivity contribution in [1.29, 1.82) is 5.26 Å². The molecule has 4 rings (SSSR count). The molecule has 29 heavy (non-hydrogen) atoms. The molecule has 0 aromatic carbocycles. The summed E-state index contributed by atoms with van der Waals surface area (Å²) >= 11 is 0. The summed E-state index contributed by atoms with van der Waals surface area (Å²) in [6.45, 7) is 5.15. The molecule has 0 radical (unpaired) electrons. The van der Waals surface area contributed by atoms with Crippen LogP contribution in [-0.4, -0.2) is 52.8 Å². The molecule has 2 aliphatic rings. The minimum Gasteiger partial charge on any atom is -0.494 e. The number of methoxy groups -OCH3 is 1. The maximum atomic E-state index is 9.26. The van der Waals surface area contributed by atoms with E-state index in [1.807, 2.05) is 19.2 Å². The van der Waals surface area contributed by atoms with Crippen molar-refractivity contribution in [2.24, 2.45) is 11.5 Å². The number of nitrogens with zero attached hydrogens (tertiary/aromatic N) is 4. The molecule has 3 heterocycles. The number of pyridine rings is 1. The number of ether oxygens (including phenoxy) is 1. The fraction of sp³-hybridized carbons (Fsp3) is 0.524.